The van der Waals surface area contributed by atoms with E-state index < -0.39 is 5.60 Å². The van der Waals surface area contributed by atoms with Crippen molar-refractivity contribution in [2.24, 2.45) is 0 Å². The first-order valence-electron chi connectivity index (χ1n) is 5.47. The minimum atomic E-state index is -0.531. The second-order valence-electron chi connectivity index (χ2n) is 4.63. The Kier molecular flexibility index (Phi) is 1.76. The van der Waals surface area contributed by atoms with E-state index in [1.807, 2.05) is 12.1 Å². The van der Waals surface area contributed by atoms with Crippen LogP contribution in [0.5, 0.6) is 5.75 Å². The van der Waals surface area contributed by atoms with Crippen LogP contribution in [0, 0.1) is 0 Å². The first kappa shape index (κ1) is 9.58. The zero-order chi connectivity index (χ0) is 11.3. The predicted octanol–water partition coefficient (Wildman–Crippen LogP) is 1.93. The number of ether oxygens (including phenoxy) is 1. The number of rotatable bonds is 2. The van der Waals surface area contributed by atoms with Crippen molar-refractivity contribution < 1.29 is 14.3 Å². The van der Waals surface area contributed by atoms with E-state index in [1.165, 1.54) is 0 Å². The molecule has 3 heteroatoms. The summed E-state index contributed by atoms with van der Waals surface area (Å²) in [5.41, 5.74) is 1.05. The van der Waals surface area contributed by atoms with Gasteiger partial charge in [-0.05, 0) is 37.5 Å². The van der Waals surface area contributed by atoms with E-state index >= 15 is 0 Å². The van der Waals surface area contributed by atoms with Crippen LogP contribution >= 0.6 is 0 Å². The van der Waals surface area contributed by atoms with Gasteiger partial charge in [-0.25, -0.2) is 0 Å². The Hall–Kier alpha value is -1.64. The van der Waals surface area contributed by atoms with Gasteiger partial charge in [-0.15, -0.1) is 0 Å². The number of hydrogen-bond donors (Lipinski definition) is 0. The minimum Gasteiger partial charge on any atom is -0.478 e. The van der Waals surface area contributed by atoms with Gasteiger partial charge in [-0.1, -0.05) is 6.07 Å². The van der Waals surface area contributed by atoms with Crippen LogP contribution in [0.15, 0.2) is 18.2 Å². The van der Waals surface area contributed by atoms with E-state index in [2.05, 4.69) is 0 Å². The van der Waals surface area contributed by atoms with Gasteiger partial charge in [-0.3, -0.25) is 9.59 Å². The first-order valence-corrected chi connectivity index (χ1v) is 5.47. The third kappa shape index (κ3) is 1.28. The van der Waals surface area contributed by atoms with Crippen LogP contribution in [0.1, 0.15) is 35.7 Å². The molecule has 1 aliphatic heterocycles. The van der Waals surface area contributed by atoms with Crippen molar-refractivity contribution in [1.29, 1.82) is 0 Å². The standard InChI is InChI=1S/C13H12O3/c1-8(14)6-9-2-3-10-11(7-9)16-13(4-5-13)12(10)15/h2-3,7H,4-6H2,1H3. The molecule has 1 heterocycles. The van der Waals surface area contributed by atoms with Gasteiger partial charge in [-0.2, -0.15) is 0 Å². The van der Waals surface area contributed by atoms with E-state index in [-0.39, 0.29) is 11.6 Å². The number of hydrogen-bond acceptors (Lipinski definition) is 3. The molecule has 16 heavy (non-hydrogen) atoms. The molecule has 0 aromatic heterocycles. The smallest absolute Gasteiger partial charge is 0.210 e. The fourth-order valence-corrected chi connectivity index (χ4v) is 2.18. The molecule has 0 bridgehead atoms. The third-order valence-corrected chi connectivity index (χ3v) is 3.17. The zero-order valence-electron chi connectivity index (χ0n) is 9.08. The number of carbonyl (C=O) groups excluding carboxylic acids is 2. The highest BCUT2D eigenvalue weighted by atomic mass is 16.5. The van der Waals surface area contributed by atoms with Crippen LogP contribution in [0.2, 0.25) is 0 Å². The van der Waals surface area contributed by atoms with Gasteiger partial charge in [0.2, 0.25) is 5.78 Å². The molecular weight excluding hydrogens is 204 g/mol. The second kappa shape index (κ2) is 2.94. The average Bonchev–Trinajstić information content (AvgIpc) is 2.91. The Balaban J connectivity index is 1.96. The fourth-order valence-electron chi connectivity index (χ4n) is 2.18. The number of Topliss-reactive ketones (excluding diaryl/α,β-unsaturated/α-hetero) is 2. The van der Waals surface area contributed by atoms with Crippen molar-refractivity contribution in [2.75, 3.05) is 0 Å². The summed E-state index contributed by atoms with van der Waals surface area (Å²) in [5.74, 6) is 0.878. The second-order valence-corrected chi connectivity index (χ2v) is 4.63. The molecule has 0 unspecified atom stereocenters. The Morgan fingerprint density at radius 2 is 2.19 bits per heavy atom. The molecule has 3 nitrogen and oxygen atoms in total. The van der Waals surface area contributed by atoms with Crippen LogP contribution in [0.4, 0.5) is 0 Å². The van der Waals surface area contributed by atoms with Crippen LogP contribution in [-0.4, -0.2) is 17.2 Å². The van der Waals surface area contributed by atoms with Gasteiger partial charge < -0.3 is 4.74 Å². The Bertz CT molecular complexity index is 498. The van der Waals surface area contributed by atoms with E-state index in [0.717, 1.165) is 18.4 Å². The fraction of sp³-hybridized carbons (Fsp3) is 0.385. The normalized spacial score (nSPS) is 19.4. The van der Waals surface area contributed by atoms with Gasteiger partial charge in [0.15, 0.2) is 5.60 Å². The molecule has 1 saturated carbocycles. The van der Waals surface area contributed by atoms with Crippen molar-refractivity contribution in [2.45, 2.75) is 31.8 Å². The lowest BCUT2D eigenvalue weighted by Gasteiger charge is -2.04. The van der Waals surface area contributed by atoms with E-state index in [0.29, 0.717) is 17.7 Å². The molecule has 0 amide bonds. The van der Waals surface area contributed by atoms with Gasteiger partial charge in [0.25, 0.3) is 0 Å². The van der Waals surface area contributed by atoms with Crippen molar-refractivity contribution in [3.05, 3.63) is 29.3 Å². The number of carbonyl (C=O) groups is 2. The molecule has 3 rings (SSSR count). The lowest BCUT2D eigenvalue weighted by Crippen LogP contribution is -2.21. The maximum Gasteiger partial charge on any atom is 0.210 e. The van der Waals surface area contributed by atoms with Gasteiger partial charge in [0.1, 0.15) is 11.5 Å². The summed E-state index contributed by atoms with van der Waals surface area (Å²) < 4.78 is 5.68. The highest BCUT2D eigenvalue weighted by Crippen LogP contribution is 2.49. The van der Waals surface area contributed by atoms with E-state index in [4.69, 9.17) is 4.74 Å². The molecule has 0 N–H and O–H groups in total. The highest BCUT2D eigenvalue weighted by molar-refractivity contribution is 6.09. The van der Waals surface area contributed by atoms with Gasteiger partial charge >= 0.3 is 0 Å². The summed E-state index contributed by atoms with van der Waals surface area (Å²) in [7, 11) is 0. The average molecular weight is 216 g/mol. The summed E-state index contributed by atoms with van der Waals surface area (Å²) in [4.78, 5) is 22.9. The molecular formula is C13H12O3. The topological polar surface area (TPSA) is 43.4 Å². The molecule has 1 aromatic rings. The summed E-state index contributed by atoms with van der Waals surface area (Å²) in [6, 6.07) is 5.44. The molecule has 0 radical (unpaired) electrons. The van der Waals surface area contributed by atoms with Gasteiger partial charge in [0.05, 0.1) is 5.56 Å². The molecule has 2 aliphatic rings. The Morgan fingerprint density at radius 1 is 1.44 bits per heavy atom. The molecule has 1 aliphatic carbocycles. The molecule has 1 spiro atoms. The van der Waals surface area contributed by atoms with Crippen molar-refractivity contribution in [1.82, 2.24) is 0 Å². The van der Waals surface area contributed by atoms with Crippen molar-refractivity contribution in [3.8, 4) is 5.75 Å². The van der Waals surface area contributed by atoms with Crippen molar-refractivity contribution >= 4 is 11.6 Å². The Labute approximate surface area is 93.4 Å². The Morgan fingerprint density at radius 3 is 2.81 bits per heavy atom. The molecule has 1 aromatic carbocycles. The van der Waals surface area contributed by atoms with Crippen LogP contribution in [0.25, 0.3) is 0 Å². The van der Waals surface area contributed by atoms with E-state index in [9.17, 15) is 9.59 Å². The summed E-state index contributed by atoms with van der Waals surface area (Å²) in [5, 5.41) is 0. The summed E-state index contributed by atoms with van der Waals surface area (Å²) in [6.07, 6.45) is 2.04. The third-order valence-electron chi connectivity index (χ3n) is 3.17. The van der Waals surface area contributed by atoms with Crippen LogP contribution in [0.3, 0.4) is 0 Å². The maximum atomic E-state index is 11.9. The SMILES string of the molecule is CC(=O)Cc1ccc2c(c1)OC1(CC1)C2=O. The molecule has 0 saturated heterocycles. The van der Waals surface area contributed by atoms with E-state index in [1.54, 1.807) is 13.0 Å². The molecule has 0 atom stereocenters. The summed E-state index contributed by atoms with van der Waals surface area (Å²) in [6.45, 7) is 1.56. The lowest BCUT2D eigenvalue weighted by atomic mass is 10.0. The number of benzene rings is 1. The highest BCUT2D eigenvalue weighted by Gasteiger charge is 2.57. The van der Waals surface area contributed by atoms with Gasteiger partial charge in [0, 0.05) is 6.42 Å². The first-order chi connectivity index (χ1) is 7.61. The van der Waals surface area contributed by atoms with Crippen LogP contribution < -0.4 is 4.74 Å². The van der Waals surface area contributed by atoms with Crippen LogP contribution in [-0.2, 0) is 11.2 Å². The zero-order valence-corrected chi connectivity index (χ0v) is 9.08. The lowest BCUT2D eigenvalue weighted by molar-refractivity contribution is -0.116. The largest absolute Gasteiger partial charge is 0.478 e. The minimum absolute atomic E-state index is 0.108. The van der Waals surface area contributed by atoms with Crippen molar-refractivity contribution in [3.63, 3.8) is 0 Å². The molecule has 82 valence electrons. The maximum absolute atomic E-state index is 11.9. The predicted molar refractivity (Wildman–Crippen MR) is 57.8 cm³/mol. The number of fused-ring (bicyclic) bond motifs is 1. The number of ketones is 2. The molecule has 1 fully saturated rings. The monoisotopic (exact) mass is 216 g/mol. The quantitative estimate of drug-likeness (QED) is 0.758. The summed E-state index contributed by atoms with van der Waals surface area (Å²) >= 11 is 0.